The van der Waals surface area contributed by atoms with Gasteiger partial charge in [0.05, 0.1) is 11.1 Å². The molecule has 0 aromatic heterocycles. The van der Waals surface area contributed by atoms with Gasteiger partial charge in [-0.05, 0) is 37.5 Å². The van der Waals surface area contributed by atoms with E-state index in [2.05, 4.69) is 5.32 Å². The molecule has 1 aliphatic heterocycles. The number of benzene rings is 1. The minimum absolute atomic E-state index is 0.0107. The highest BCUT2D eigenvalue weighted by Crippen LogP contribution is 2.36. The average molecular weight is 410 g/mol. The number of likely N-dealkylation sites (tertiary alicyclic amines) is 1. The third kappa shape index (κ3) is 6.13. The third-order valence-electron chi connectivity index (χ3n) is 4.41. The topological polar surface area (TPSA) is 49.4 Å². The van der Waals surface area contributed by atoms with Gasteiger partial charge in [0.2, 0.25) is 5.91 Å². The molecule has 0 radical (unpaired) electrons. The molecule has 1 N–H and O–H groups in total. The predicted octanol–water partition coefficient (Wildman–Crippen LogP) is 4.25. The van der Waals surface area contributed by atoms with Crippen molar-refractivity contribution < 1.29 is 35.9 Å². The van der Waals surface area contributed by atoms with Gasteiger partial charge in [0.1, 0.15) is 0 Å². The average Bonchev–Trinajstić information content (AvgIpc) is 2.81. The van der Waals surface area contributed by atoms with Crippen molar-refractivity contribution in [1.82, 2.24) is 10.2 Å². The summed E-state index contributed by atoms with van der Waals surface area (Å²) in [5, 5.41) is 2.31. The number of carbonyl (C=O) groups is 2. The Morgan fingerprint density at radius 2 is 1.57 bits per heavy atom. The number of amides is 2. The van der Waals surface area contributed by atoms with Crippen LogP contribution in [0.25, 0.3) is 0 Å². The second-order valence-corrected chi connectivity index (χ2v) is 6.60. The largest absolute Gasteiger partial charge is 0.416 e. The monoisotopic (exact) mass is 410 g/mol. The highest BCUT2D eigenvalue weighted by atomic mass is 19.4. The highest BCUT2D eigenvalue weighted by Gasteiger charge is 2.37. The minimum Gasteiger partial charge on any atom is -0.352 e. The van der Waals surface area contributed by atoms with Gasteiger partial charge >= 0.3 is 12.4 Å². The van der Waals surface area contributed by atoms with Crippen LogP contribution in [0.4, 0.5) is 26.3 Å². The van der Waals surface area contributed by atoms with Gasteiger partial charge in [-0.1, -0.05) is 6.42 Å². The fourth-order valence-corrected chi connectivity index (χ4v) is 2.93. The Morgan fingerprint density at radius 1 is 0.964 bits per heavy atom. The first kappa shape index (κ1) is 22.0. The van der Waals surface area contributed by atoms with E-state index in [0.717, 1.165) is 19.3 Å². The third-order valence-corrected chi connectivity index (χ3v) is 4.41. The first-order chi connectivity index (χ1) is 13.0. The molecule has 156 valence electrons. The Kier molecular flexibility index (Phi) is 6.95. The molecule has 0 bridgehead atoms. The van der Waals surface area contributed by atoms with Crippen molar-refractivity contribution in [3.63, 3.8) is 0 Å². The van der Waals surface area contributed by atoms with E-state index < -0.39 is 35.0 Å². The molecule has 1 fully saturated rings. The van der Waals surface area contributed by atoms with Gasteiger partial charge in [-0.3, -0.25) is 9.59 Å². The zero-order chi connectivity index (χ0) is 20.9. The standard InChI is InChI=1S/C18H20F6N2O2/c19-17(20,21)13-9-12(10-14(11-13)18(22,23)24)16(28)25-6-4-8-26-7-3-1-2-5-15(26)27/h9-11H,1-8H2,(H,25,28). The number of alkyl halides is 6. The summed E-state index contributed by atoms with van der Waals surface area (Å²) in [4.78, 5) is 25.6. The van der Waals surface area contributed by atoms with E-state index in [0.29, 0.717) is 38.1 Å². The maximum atomic E-state index is 12.8. The predicted molar refractivity (Wildman–Crippen MR) is 88.4 cm³/mol. The summed E-state index contributed by atoms with van der Waals surface area (Å²) in [5.74, 6) is -1.02. The zero-order valence-corrected chi connectivity index (χ0v) is 14.9. The van der Waals surface area contributed by atoms with E-state index in [-0.39, 0.29) is 18.5 Å². The van der Waals surface area contributed by atoms with Crippen LogP contribution in [-0.4, -0.2) is 36.3 Å². The van der Waals surface area contributed by atoms with Crippen LogP contribution < -0.4 is 5.32 Å². The van der Waals surface area contributed by atoms with Gasteiger partial charge in [-0.15, -0.1) is 0 Å². The van der Waals surface area contributed by atoms with Crippen molar-refractivity contribution >= 4 is 11.8 Å². The quantitative estimate of drug-likeness (QED) is 0.583. The molecule has 1 aliphatic rings. The first-order valence-electron chi connectivity index (χ1n) is 8.84. The molecule has 1 saturated heterocycles. The molecule has 0 atom stereocenters. The Morgan fingerprint density at radius 3 is 2.14 bits per heavy atom. The summed E-state index contributed by atoms with van der Waals surface area (Å²) in [6, 6.07) is 0.757. The number of hydrogen-bond donors (Lipinski definition) is 1. The zero-order valence-electron chi connectivity index (χ0n) is 14.9. The lowest BCUT2D eigenvalue weighted by Crippen LogP contribution is -2.34. The summed E-state index contributed by atoms with van der Waals surface area (Å²) in [5.41, 5.74) is -3.79. The summed E-state index contributed by atoms with van der Waals surface area (Å²) in [6.45, 7) is 1.01. The van der Waals surface area contributed by atoms with Crippen molar-refractivity contribution in [3.8, 4) is 0 Å². The molecule has 0 spiro atoms. The van der Waals surface area contributed by atoms with Crippen molar-refractivity contribution in [3.05, 3.63) is 34.9 Å². The lowest BCUT2D eigenvalue weighted by atomic mass is 10.0. The second kappa shape index (κ2) is 8.83. The maximum absolute atomic E-state index is 12.8. The summed E-state index contributed by atoms with van der Waals surface area (Å²) < 4.78 is 77.1. The summed E-state index contributed by atoms with van der Waals surface area (Å²) in [6.07, 6.45) is -6.56. The molecule has 1 heterocycles. The van der Waals surface area contributed by atoms with E-state index in [9.17, 15) is 35.9 Å². The molecule has 4 nitrogen and oxygen atoms in total. The lowest BCUT2D eigenvalue weighted by molar-refractivity contribution is -0.143. The van der Waals surface area contributed by atoms with Crippen molar-refractivity contribution in [2.24, 2.45) is 0 Å². The van der Waals surface area contributed by atoms with Crippen LogP contribution in [0.15, 0.2) is 18.2 Å². The molecular formula is C18H20F6N2O2. The summed E-state index contributed by atoms with van der Waals surface area (Å²) >= 11 is 0. The van der Waals surface area contributed by atoms with E-state index >= 15 is 0 Å². The van der Waals surface area contributed by atoms with Crippen LogP contribution in [0.2, 0.25) is 0 Å². The van der Waals surface area contributed by atoms with E-state index in [1.165, 1.54) is 0 Å². The second-order valence-electron chi connectivity index (χ2n) is 6.60. The van der Waals surface area contributed by atoms with Crippen LogP contribution in [0.1, 0.15) is 53.6 Å². The smallest absolute Gasteiger partial charge is 0.352 e. The van der Waals surface area contributed by atoms with E-state index in [4.69, 9.17) is 0 Å². The number of carbonyl (C=O) groups excluding carboxylic acids is 2. The van der Waals surface area contributed by atoms with Crippen LogP contribution in [0.3, 0.4) is 0 Å². The maximum Gasteiger partial charge on any atom is 0.416 e. The van der Waals surface area contributed by atoms with Crippen LogP contribution in [0, 0.1) is 0 Å². The first-order valence-corrected chi connectivity index (χ1v) is 8.84. The van der Waals surface area contributed by atoms with E-state index in [1.807, 2.05) is 0 Å². The SMILES string of the molecule is O=C(NCCCN1CCCCCC1=O)c1cc(C(F)(F)F)cc(C(F)(F)F)c1. The molecule has 2 amide bonds. The minimum atomic E-state index is -5.01. The Balaban J connectivity index is 2.00. The molecule has 1 aromatic carbocycles. The molecule has 0 aliphatic carbocycles. The molecule has 28 heavy (non-hydrogen) atoms. The van der Waals surface area contributed by atoms with Crippen LogP contribution in [0.5, 0.6) is 0 Å². The Hall–Kier alpha value is -2.26. The molecule has 0 saturated carbocycles. The Bertz CT molecular complexity index is 683. The number of nitrogens with zero attached hydrogens (tertiary/aromatic N) is 1. The van der Waals surface area contributed by atoms with Crippen LogP contribution >= 0.6 is 0 Å². The lowest BCUT2D eigenvalue weighted by Gasteiger charge is -2.20. The normalized spacial score (nSPS) is 16.1. The number of nitrogens with one attached hydrogen (secondary N) is 1. The van der Waals surface area contributed by atoms with Crippen LogP contribution in [-0.2, 0) is 17.1 Å². The Labute approximate surface area is 157 Å². The van der Waals surface area contributed by atoms with Crippen molar-refractivity contribution in [2.45, 2.75) is 44.5 Å². The van der Waals surface area contributed by atoms with Gasteiger partial charge in [0.15, 0.2) is 0 Å². The number of halogens is 6. The number of rotatable bonds is 5. The molecule has 2 rings (SSSR count). The van der Waals surface area contributed by atoms with Crippen molar-refractivity contribution in [1.29, 1.82) is 0 Å². The summed E-state index contributed by atoms with van der Waals surface area (Å²) in [7, 11) is 0. The molecule has 10 heteroatoms. The molecule has 1 aromatic rings. The van der Waals surface area contributed by atoms with Gasteiger partial charge in [0.25, 0.3) is 5.91 Å². The highest BCUT2D eigenvalue weighted by molar-refractivity contribution is 5.94. The fraction of sp³-hybridized carbons (Fsp3) is 0.556. The van der Waals surface area contributed by atoms with Gasteiger partial charge in [0, 0.05) is 31.6 Å². The van der Waals surface area contributed by atoms with Crippen molar-refractivity contribution in [2.75, 3.05) is 19.6 Å². The fourth-order valence-electron chi connectivity index (χ4n) is 2.93. The van der Waals surface area contributed by atoms with Gasteiger partial charge in [-0.2, -0.15) is 26.3 Å². The molecular weight excluding hydrogens is 390 g/mol. The molecule has 0 unspecified atom stereocenters. The van der Waals surface area contributed by atoms with Gasteiger partial charge in [-0.25, -0.2) is 0 Å². The van der Waals surface area contributed by atoms with Gasteiger partial charge < -0.3 is 10.2 Å². The van der Waals surface area contributed by atoms with E-state index in [1.54, 1.807) is 4.90 Å². The number of hydrogen-bond acceptors (Lipinski definition) is 2.